The Balaban J connectivity index is 1.02. The van der Waals surface area contributed by atoms with Crippen LogP contribution in [0.25, 0.3) is 83.1 Å². The lowest BCUT2D eigenvalue weighted by Gasteiger charge is -2.20. The predicted octanol–water partition coefficient (Wildman–Crippen LogP) is 12.7. The average Bonchev–Trinajstić information content (AvgIpc) is 3.94. The van der Waals surface area contributed by atoms with Gasteiger partial charge in [0.1, 0.15) is 17.0 Å². The summed E-state index contributed by atoms with van der Waals surface area (Å²) in [5.41, 5.74) is 14.3. The first kappa shape index (κ1) is 34.0. The quantitative estimate of drug-likeness (QED) is 0.125. The van der Waals surface area contributed by atoms with Gasteiger partial charge in [-0.05, 0) is 76.6 Å². The van der Waals surface area contributed by atoms with Crippen LogP contribution in [0.5, 0.6) is 0 Å². The van der Waals surface area contributed by atoms with Crippen LogP contribution in [0.2, 0.25) is 0 Å². The average molecular weight is 749 g/mol. The highest BCUT2D eigenvalue weighted by Gasteiger charge is 2.21. The van der Waals surface area contributed by atoms with Gasteiger partial charge in [0.25, 0.3) is 6.33 Å². The Bertz CT molecular complexity index is 3360. The smallest absolute Gasteiger partial charge is 0.269 e. The van der Waals surface area contributed by atoms with E-state index in [-0.39, 0.29) is 5.41 Å². The molecule has 0 spiro atoms. The van der Waals surface area contributed by atoms with Gasteiger partial charge in [-0.15, -0.1) is 0 Å². The molecule has 0 unspecified atom stereocenters. The zero-order valence-electron chi connectivity index (χ0n) is 32.6. The number of nitrogens with zero attached hydrogens (tertiary/aromatic N) is 4. The summed E-state index contributed by atoms with van der Waals surface area (Å²) in [6.45, 7) is 6.77. The third kappa shape index (κ3) is 5.53. The number of hydrogen-bond donors (Lipinski definition) is 0. The molecule has 5 heteroatoms. The summed E-state index contributed by atoms with van der Waals surface area (Å²) < 4.78 is 13.4. The summed E-state index contributed by atoms with van der Waals surface area (Å²) in [5, 5.41) is 4.45. The number of aromatic nitrogens is 4. The molecule has 278 valence electrons. The lowest BCUT2D eigenvalue weighted by atomic mass is 9.87. The maximum absolute atomic E-state index is 6.66. The molecule has 0 aliphatic rings. The second-order valence-corrected chi connectivity index (χ2v) is 16.3. The summed E-state index contributed by atoms with van der Waals surface area (Å²) in [4.78, 5) is 5.09. The van der Waals surface area contributed by atoms with Gasteiger partial charge in [0, 0.05) is 27.9 Å². The van der Waals surface area contributed by atoms with E-state index in [1.54, 1.807) is 0 Å². The van der Waals surface area contributed by atoms with Crippen LogP contribution in [0.15, 0.2) is 180 Å². The summed E-state index contributed by atoms with van der Waals surface area (Å²) in [7, 11) is 0. The maximum Gasteiger partial charge on any atom is 0.269 e. The molecule has 0 saturated heterocycles. The van der Waals surface area contributed by atoms with Gasteiger partial charge in [-0.2, -0.15) is 0 Å². The Labute approximate surface area is 336 Å². The van der Waals surface area contributed by atoms with Crippen molar-refractivity contribution in [1.82, 2.24) is 14.1 Å². The number of furan rings is 1. The van der Waals surface area contributed by atoms with Gasteiger partial charge in [-0.25, -0.2) is 4.98 Å². The highest BCUT2D eigenvalue weighted by atomic mass is 16.3. The maximum atomic E-state index is 6.66. The van der Waals surface area contributed by atoms with Crippen LogP contribution >= 0.6 is 0 Å². The van der Waals surface area contributed by atoms with Gasteiger partial charge in [-0.3, -0.25) is 13.7 Å². The molecule has 0 bridgehead atoms. The number of para-hydroxylation sites is 4. The molecule has 11 aromatic rings. The Morgan fingerprint density at radius 3 is 2.24 bits per heavy atom. The molecule has 11 rings (SSSR count). The van der Waals surface area contributed by atoms with E-state index in [9.17, 15) is 0 Å². The van der Waals surface area contributed by atoms with Gasteiger partial charge in [0.05, 0.1) is 38.8 Å². The standard InChI is InChI=1S/C53H40N4O/c1-53(2,3)38-17-12-19-40(33-38)56-34-55(46-24-9-10-25-47(46)56)39-18-11-14-35(31-39)30-36-26-27-43-42-20-7-8-23-45(42)57(48(43)32-36)52-50-44-22-13-21-41(37-15-5-4-6-16-37)51(44)58-49(50)28-29-54-52/h4-29,31-33H,30H2,1-3H3. The SMILES string of the molecule is CC(C)(C)c1cccc(-[n+]2[c-]n(-c3cccc(Cc4ccc5c6ccccc6n(-c6nccc7oc8c(-c9ccccc9)cccc8c67)c5c4)c3)c3ccccc32)c1. The lowest BCUT2D eigenvalue weighted by Crippen LogP contribution is -2.30. The minimum atomic E-state index is 0.0463. The monoisotopic (exact) mass is 748 g/mol. The number of imidazole rings is 1. The Morgan fingerprint density at radius 2 is 1.36 bits per heavy atom. The van der Waals surface area contributed by atoms with E-state index in [0.29, 0.717) is 0 Å². The second-order valence-electron chi connectivity index (χ2n) is 16.3. The number of rotatable bonds is 6. The Morgan fingerprint density at radius 1 is 0.621 bits per heavy atom. The van der Waals surface area contributed by atoms with Crippen molar-refractivity contribution in [3.05, 3.63) is 199 Å². The van der Waals surface area contributed by atoms with Crippen LogP contribution in [-0.2, 0) is 11.8 Å². The summed E-state index contributed by atoms with van der Waals surface area (Å²) in [6, 6.07) is 60.6. The zero-order valence-corrected chi connectivity index (χ0v) is 32.6. The molecule has 5 nitrogen and oxygen atoms in total. The fraction of sp³-hybridized carbons (Fsp3) is 0.0943. The predicted molar refractivity (Wildman–Crippen MR) is 236 cm³/mol. The fourth-order valence-corrected chi connectivity index (χ4v) is 8.69. The van der Waals surface area contributed by atoms with E-state index < -0.39 is 0 Å². The van der Waals surface area contributed by atoms with Crippen molar-refractivity contribution in [3.8, 4) is 28.3 Å². The van der Waals surface area contributed by atoms with E-state index >= 15 is 0 Å². The molecular formula is C53H40N4O. The topological polar surface area (TPSA) is 39.8 Å². The van der Waals surface area contributed by atoms with Crippen molar-refractivity contribution >= 4 is 54.8 Å². The molecule has 7 aromatic carbocycles. The number of fused-ring (bicyclic) bond motifs is 7. The molecule has 0 radical (unpaired) electrons. The zero-order chi connectivity index (χ0) is 39.0. The summed E-state index contributed by atoms with van der Waals surface area (Å²) >= 11 is 0. The second kappa shape index (κ2) is 13.2. The van der Waals surface area contributed by atoms with E-state index in [4.69, 9.17) is 9.40 Å². The third-order valence-corrected chi connectivity index (χ3v) is 11.5. The number of benzene rings is 7. The molecule has 0 atom stereocenters. The van der Waals surface area contributed by atoms with Gasteiger partial charge >= 0.3 is 0 Å². The van der Waals surface area contributed by atoms with Crippen LogP contribution in [0, 0.1) is 6.33 Å². The van der Waals surface area contributed by atoms with Crippen LogP contribution < -0.4 is 4.57 Å². The van der Waals surface area contributed by atoms with Crippen LogP contribution in [-0.4, -0.2) is 14.1 Å². The normalized spacial score (nSPS) is 12.1. The summed E-state index contributed by atoms with van der Waals surface area (Å²) in [6.07, 6.45) is 6.34. The van der Waals surface area contributed by atoms with Crippen LogP contribution in [0.4, 0.5) is 0 Å². The van der Waals surface area contributed by atoms with Crippen molar-refractivity contribution in [3.63, 3.8) is 0 Å². The molecule has 0 amide bonds. The number of pyridine rings is 1. The molecule has 4 heterocycles. The van der Waals surface area contributed by atoms with Gasteiger partial charge < -0.3 is 4.42 Å². The van der Waals surface area contributed by atoms with E-state index in [2.05, 4.69) is 199 Å². The van der Waals surface area contributed by atoms with Crippen molar-refractivity contribution in [2.75, 3.05) is 0 Å². The molecule has 58 heavy (non-hydrogen) atoms. The van der Waals surface area contributed by atoms with E-state index in [0.717, 1.165) is 78.7 Å². The van der Waals surface area contributed by atoms with E-state index in [1.807, 2.05) is 18.3 Å². The van der Waals surface area contributed by atoms with Crippen LogP contribution in [0.1, 0.15) is 37.5 Å². The minimum Gasteiger partial charge on any atom is -0.455 e. The van der Waals surface area contributed by atoms with Gasteiger partial charge in [0.15, 0.2) is 0 Å². The lowest BCUT2D eigenvalue weighted by molar-refractivity contribution is -0.572. The fourth-order valence-electron chi connectivity index (χ4n) is 8.69. The third-order valence-electron chi connectivity index (χ3n) is 11.5. The van der Waals surface area contributed by atoms with Gasteiger partial charge in [0.2, 0.25) is 0 Å². The van der Waals surface area contributed by atoms with Gasteiger partial charge in [-0.1, -0.05) is 148 Å². The number of hydrogen-bond acceptors (Lipinski definition) is 2. The summed E-state index contributed by atoms with van der Waals surface area (Å²) in [5.74, 6) is 0.864. The van der Waals surface area contributed by atoms with E-state index in [1.165, 1.54) is 27.5 Å². The minimum absolute atomic E-state index is 0.0463. The molecule has 4 aromatic heterocycles. The molecule has 0 fully saturated rings. The Kier molecular flexibility index (Phi) is 7.73. The first-order chi connectivity index (χ1) is 28.4. The van der Waals surface area contributed by atoms with Crippen molar-refractivity contribution in [2.45, 2.75) is 32.6 Å². The molecule has 0 N–H and O–H groups in total. The highest BCUT2D eigenvalue weighted by Crippen LogP contribution is 2.40. The molecule has 0 aliphatic carbocycles. The van der Waals surface area contributed by atoms with Crippen molar-refractivity contribution in [2.24, 2.45) is 0 Å². The largest absolute Gasteiger partial charge is 0.455 e. The van der Waals surface area contributed by atoms with Crippen molar-refractivity contribution < 1.29 is 8.98 Å². The first-order valence-corrected chi connectivity index (χ1v) is 19.9. The highest BCUT2D eigenvalue weighted by molar-refractivity contribution is 6.15. The first-order valence-electron chi connectivity index (χ1n) is 19.9. The Hall–Kier alpha value is -7.24. The molecule has 0 saturated carbocycles. The van der Waals surface area contributed by atoms with Crippen LogP contribution in [0.3, 0.4) is 0 Å². The molecular weight excluding hydrogens is 709 g/mol. The van der Waals surface area contributed by atoms with Crippen molar-refractivity contribution in [1.29, 1.82) is 0 Å². The molecule has 0 aliphatic heterocycles.